The lowest BCUT2D eigenvalue weighted by Crippen LogP contribution is -2.64. The van der Waals surface area contributed by atoms with Gasteiger partial charge in [-0.3, -0.25) is 4.79 Å². The van der Waals surface area contributed by atoms with Crippen molar-refractivity contribution in [2.75, 3.05) is 19.7 Å². The van der Waals surface area contributed by atoms with E-state index >= 15 is 0 Å². The molecule has 0 aromatic heterocycles. The Morgan fingerprint density at radius 1 is 1.47 bits per heavy atom. The number of likely N-dealkylation sites (tertiary alicyclic amines) is 1. The quantitative estimate of drug-likeness (QED) is 0.759. The number of amides is 1. The van der Waals surface area contributed by atoms with Gasteiger partial charge in [0.1, 0.15) is 12.2 Å². The Balaban J connectivity index is 2.34. The number of rotatable bonds is 6. The van der Waals surface area contributed by atoms with E-state index in [4.69, 9.17) is 9.84 Å². The highest BCUT2D eigenvalue weighted by molar-refractivity contribution is 5.79. The van der Waals surface area contributed by atoms with Crippen LogP contribution in [0.2, 0.25) is 0 Å². The maximum absolute atomic E-state index is 11.9. The molecule has 0 aromatic rings. The van der Waals surface area contributed by atoms with E-state index in [0.29, 0.717) is 13.1 Å². The summed E-state index contributed by atoms with van der Waals surface area (Å²) in [4.78, 5) is 24.0. The number of hydrogen-bond donors (Lipinski definition) is 1. The van der Waals surface area contributed by atoms with Crippen LogP contribution in [0.3, 0.4) is 0 Å². The second-order valence-corrected chi connectivity index (χ2v) is 5.02. The normalized spacial score (nSPS) is 19.6. The Kier molecular flexibility index (Phi) is 4.51. The molecule has 1 atom stereocenters. The Hall–Kier alpha value is -1.10. The molecule has 17 heavy (non-hydrogen) atoms. The molecule has 0 aromatic carbocycles. The minimum absolute atomic E-state index is 0.0454. The smallest absolute Gasteiger partial charge is 0.329 e. The van der Waals surface area contributed by atoms with Crippen LogP contribution >= 0.6 is 0 Å². The Morgan fingerprint density at radius 2 is 2.06 bits per heavy atom. The van der Waals surface area contributed by atoms with E-state index in [1.165, 1.54) is 0 Å². The third-order valence-corrected chi connectivity index (χ3v) is 3.05. The number of aliphatic carboxylic acids is 1. The van der Waals surface area contributed by atoms with E-state index in [0.717, 1.165) is 12.8 Å². The maximum Gasteiger partial charge on any atom is 0.329 e. The van der Waals surface area contributed by atoms with Crippen LogP contribution in [0, 0.1) is 5.92 Å². The van der Waals surface area contributed by atoms with Gasteiger partial charge in [0.2, 0.25) is 5.91 Å². The van der Waals surface area contributed by atoms with E-state index in [2.05, 4.69) is 6.92 Å². The first-order chi connectivity index (χ1) is 7.88. The number of carboxylic acids is 1. The monoisotopic (exact) mass is 243 g/mol. The molecule has 0 saturated carbocycles. The molecule has 5 heteroatoms. The highest BCUT2D eigenvalue weighted by atomic mass is 16.5. The van der Waals surface area contributed by atoms with E-state index < -0.39 is 11.6 Å². The molecule has 5 nitrogen and oxygen atoms in total. The first kappa shape index (κ1) is 14.0. The van der Waals surface area contributed by atoms with Crippen LogP contribution in [0.1, 0.15) is 33.6 Å². The van der Waals surface area contributed by atoms with Crippen molar-refractivity contribution in [2.24, 2.45) is 5.92 Å². The van der Waals surface area contributed by atoms with Gasteiger partial charge in [-0.1, -0.05) is 20.3 Å². The van der Waals surface area contributed by atoms with Crippen LogP contribution in [0.25, 0.3) is 0 Å². The Labute approximate surface area is 102 Å². The van der Waals surface area contributed by atoms with Crippen LogP contribution < -0.4 is 0 Å². The zero-order chi connectivity index (χ0) is 13.1. The van der Waals surface area contributed by atoms with Gasteiger partial charge in [0.25, 0.3) is 0 Å². The van der Waals surface area contributed by atoms with E-state index in [1.54, 1.807) is 4.90 Å². The maximum atomic E-state index is 11.9. The summed E-state index contributed by atoms with van der Waals surface area (Å²) in [6, 6.07) is 0. The van der Waals surface area contributed by atoms with Gasteiger partial charge >= 0.3 is 5.97 Å². The topological polar surface area (TPSA) is 66.8 Å². The van der Waals surface area contributed by atoms with Crippen LogP contribution in [0.4, 0.5) is 0 Å². The van der Waals surface area contributed by atoms with Gasteiger partial charge in [-0.25, -0.2) is 4.79 Å². The minimum Gasteiger partial charge on any atom is -0.480 e. The fourth-order valence-electron chi connectivity index (χ4n) is 2.11. The molecule has 1 aliphatic rings. The predicted octanol–water partition coefficient (Wildman–Crippen LogP) is 1.12. The van der Waals surface area contributed by atoms with Crippen molar-refractivity contribution in [2.45, 2.75) is 39.2 Å². The molecule has 1 heterocycles. The Bertz CT molecular complexity index is 297. The first-order valence-electron chi connectivity index (χ1n) is 6.02. The minimum atomic E-state index is -0.977. The first-order valence-corrected chi connectivity index (χ1v) is 6.02. The molecule has 1 saturated heterocycles. The molecule has 0 aliphatic carbocycles. The number of ether oxygens (including phenoxy) is 1. The lowest BCUT2D eigenvalue weighted by Gasteiger charge is -2.48. The second-order valence-electron chi connectivity index (χ2n) is 5.02. The third kappa shape index (κ3) is 3.70. The number of carbonyl (C=O) groups excluding carboxylic acids is 1. The van der Waals surface area contributed by atoms with Crippen molar-refractivity contribution in [3.63, 3.8) is 0 Å². The van der Waals surface area contributed by atoms with Gasteiger partial charge in [-0.05, 0) is 13.3 Å². The van der Waals surface area contributed by atoms with Crippen molar-refractivity contribution in [1.29, 1.82) is 0 Å². The molecule has 1 unspecified atom stereocenters. The third-order valence-electron chi connectivity index (χ3n) is 3.05. The molecule has 1 aliphatic heterocycles. The van der Waals surface area contributed by atoms with Crippen molar-refractivity contribution in [1.82, 2.24) is 4.90 Å². The number of carboxylic acid groups (broad SMARTS) is 1. The number of nitrogens with zero attached hydrogens (tertiary/aromatic N) is 1. The van der Waals surface area contributed by atoms with Gasteiger partial charge in [0.15, 0.2) is 0 Å². The largest absolute Gasteiger partial charge is 0.480 e. The van der Waals surface area contributed by atoms with Crippen LogP contribution in [-0.2, 0) is 14.3 Å². The van der Waals surface area contributed by atoms with Crippen molar-refractivity contribution >= 4 is 11.9 Å². The van der Waals surface area contributed by atoms with Crippen LogP contribution in [0.15, 0.2) is 0 Å². The fraction of sp³-hybridized carbons (Fsp3) is 0.833. The van der Waals surface area contributed by atoms with Crippen molar-refractivity contribution in [3.8, 4) is 0 Å². The molecule has 0 radical (unpaired) electrons. The lowest BCUT2D eigenvalue weighted by molar-refractivity contribution is -0.175. The molecule has 1 amide bonds. The molecule has 1 fully saturated rings. The molecule has 1 rings (SSSR count). The summed E-state index contributed by atoms with van der Waals surface area (Å²) in [6.45, 7) is 6.51. The zero-order valence-electron chi connectivity index (χ0n) is 10.7. The van der Waals surface area contributed by atoms with Gasteiger partial charge in [0.05, 0.1) is 13.1 Å². The summed E-state index contributed by atoms with van der Waals surface area (Å²) >= 11 is 0. The van der Waals surface area contributed by atoms with Crippen molar-refractivity contribution < 1.29 is 19.4 Å². The number of hydrogen-bond acceptors (Lipinski definition) is 3. The molecular weight excluding hydrogens is 222 g/mol. The Morgan fingerprint density at radius 3 is 2.53 bits per heavy atom. The van der Waals surface area contributed by atoms with Crippen LogP contribution in [-0.4, -0.2) is 47.2 Å². The van der Waals surface area contributed by atoms with Gasteiger partial charge < -0.3 is 14.7 Å². The highest BCUT2D eigenvalue weighted by Crippen LogP contribution is 2.26. The lowest BCUT2D eigenvalue weighted by atomic mass is 9.93. The van der Waals surface area contributed by atoms with Crippen LogP contribution in [0.5, 0.6) is 0 Å². The van der Waals surface area contributed by atoms with Gasteiger partial charge in [0, 0.05) is 5.92 Å². The SMILES string of the molecule is CCCC(C)C(=O)N1CC(C)(OCC(=O)O)C1. The predicted molar refractivity (Wildman–Crippen MR) is 62.6 cm³/mol. The van der Waals surface area contributed by atoms with Gasteiger partial charge in [-0.15, -0.1) is 0 Å². The van der Waals surface area contributed by atoms with Crippen molar-refractivity contribution in [3.05, 3.63) is 0 Å². The summed E-state index contributed by atoms with van der Waals surface area (Å²) in [7, 11) is 0. The summed E-state index contributed by atoms with van der Waals surface area (Å²) in [5.41, 5.74) is -0.486. The summed E-state index contributed by atoms with van der Waals surface area (Å²) in [5.74, 6) is -0.789. The van der Waals surface area contributed by atoms with E-state index in [-0.39, 0.29) is 18.4 Å². The standard InChI is InChI=1S/C12H21NO4/c1-4-5-9(2)11(16)13-7-12(3,8-13)17-6-10(14)15/h9H,4-8H2,1-3H3,(H,14,15). The van der Waals surface area contributed by atoms with E-state index in [1.807, 2.05) is 13.8 Å². The average Bonchev–Trinajstić information content (AvgIpc) is 2.22. The summed E-state index contributed by atoms with van der Waals surface area (Å²) in [5, 5.41) is 8.52. The van der Waals surface area contributed by atoms with Gasteiger partial charge in [-0.2, -0.15) is 0 Å². The van der Waals surface area contributed by atoms with E-state index in [9.17, 15) is 9.59 Å². The summed E-state index contributed by atoms with van der Waals surface area (Å²) in [6.07, 6.45) is 1.88. The zero-order valence-corrected chi connectivity index (χ0v) is 10.7. The molecule has 0 bridgehead atoms. The molecular formula is C12H21NO4. The fourth-order valence-corrected chi connectivity index (χ4v) is 2.11. The number of carbonyl (C=O) groups is 2. The molecule has 98 valence electrons. The highest BCUT2D eigenvalue weighted by Gasteiger charge is 2.43. The molecule has 0 spiro atoms. The average molecular weight is 243 g/mol. The molecule has 1 N–H and O–H groups in total. The second kappa shape index (κ2) is 5.49. The summed E-state index contributed by atoms with van der Waals surface area (Å²) < 4.78 is 5.25.